The molecule has 1 aromatic rings. The minimum Gasteiger partial charge on any atom is -0.299 e. The van der Waals surface area contributed by atoms with Crippen LogP contribution in [0.15, 0.2) is 30.3 Å². The maximum atomic E-state index is 11.6. The van der Waals surface area contributed by atoms with Crippen LogP contribution in [0.4, 0.5) is 0 Å². The quantitative estimate of drug-likeness (QED) is 0.639. The fourth-order valence-electron chi connectivity index (χ4n) is 2.02. The van der Waals surface area contributed by atoms with Crippen molar-refractivity contribution in [3.63, 3.8) is 0 Å². The molecule has 13 heavy (non-hydrogen) atoms. The van der Waals surface area contributed by atoms with E-state index >= 15 is 0 Å². The van der Waals surface area contributed by atoms with E-state index in [4.69, 9.17) is 0 Å². The molecule has 1 saturated carbocycles. The van der Waals surface area contributed by atoms with Gasteiger partial charge in [0.25, 0.3) is 0 Å². The van der Waals surface area contributed by atoms with Crippen LogP contribution in [0.1, 0.15) is 37.2 Å². The second-order valence-electron chi connectivity index (χ2n) is 3.68. The molecule has 0 spiro atoms. The molecule has 0 amide bonds. The van der Waals surface area contributed by atoms with Gasteiger partial charge >= 0.3 is 0 Å². The Bertz CT molecular complexity index is 289. The Labute approximate surface area is 78.8 Å². The molecule has 0 N–H and O–H groups in total. The highest BCUT2D eigenvalue weighted by Crippen LogP contribution is 2.29. The molecule has 0 unspecified atom stereocenters. The first-order valence-corrected chi connectivity index (χ1v) is 4.95. The number of benzene rings is 1. The van der Waals surface area contributed by atoms with Crippen LogP contribution in [0.2, 0.25) is 0 Å². The molecule has 0 bridgehead atoms. The van der Waals surface area contributed by atoms with Crippen LogP contribution in [0.5, 0.6) is 0 Å². The van der Waals surface area contributed by atoms with Crippen molar-refractivity contribution in [1.29, 1.82) is 0 Å². The van der Waals surface area contributed by atoms with Gasteiger partial charge in [0.15, 0.2) is 0 Å². The molecule has 0 aromatic heterocycles. The average Bonchev–Trinajstić information content (AvgIpc) is 2.20. The van der Waals surface area contributed by atoms with Crippen LogP contribution in [0, 0.1) is 0 Å². The van der Waals surface area contributed by atoms with Crippen molar-refractivity contribution in [1.82, 2.24) is 0 Å². The van der Waals surface area contributed by atoms with E-state index < -0.39 is 0 Å². The molecular formula is C12H14O. The van der Waals surface area contributed by atoms with Gasteiger partial charge in [-0.25, -0.2) is 0 Å². The molecule has 2 rings (SSSR count). The summed E-state index contributed by atoms with van der Waals surface area (Å²) >= 11 is 0. The van der Waals surface area contributed by atoms with Gasteiger partial charge in [-0.3, -0.25) is 4.79 Å². The average molecular weight is 174 g/mol. The number of hydrogen-bond acceptors (Lipinski definition) is 1. The van der Waals surface area contributed by atoms with Gasteiger partial charge in [-0.2, -0.15) is 0 Å². The number of carbonyl (C=O) groups is 1. The summed E-state index contributed by atoms with van der Waals surface area (Å²) in [6, 6.07) is 10.1. The lowest BCUT2D eigenvalue weighted by Crippen LogP contribution is -2.16. The monoisotopic (exact) mass is 174 g/mol. The number of Topliss-reactive ketones (excluding diaryl/α,β-unsaturated/α-hetero) is 1. The van der Waals surface area contributed by atoms with Crippen molar-refractivity contribution < 1.29 is 4.79 Å². The first kappa shape index (κ1) is 8.49. The summed E-state index contributed by atoms with van der Waals surface area (Å²) in [6.07, 6.45) is 4.11. The fourth-order valence-corrected chi connectivity index (χ4v) is 2.02. The molecule has 1 aliphatic rings. The molecule has 0 radical (unpaired) electrons. The Morgan fingerprint density at radius 2 is 1.85 bits per heavy atom. The Morgan fingerprint density at radius 3 is 2.54 bits per heavy atom. The van der Waals surface area contributed by atoms with Crippen LogP contribution in [-0.2, 0) is 4.79 Å². The van der Waals surface area contributed by atoms with E-state index in [9.17, 15) is 4.79 Å². The molecule has 1 aromatic carbocycles. The van der Waals surface area contributed by atoms with E-state index in [1.807, 2.05) is 18.2 Å². The third-order valence-corrected chi connectivity index (χ3v) is 2.76. The molecule has 0 heterocycles. The standard InChI is InChI=1S/C12H14O/c13-12-9-5-4-8-11(12)10-6-2-1-3-7-10/h1-3,6-7,11H,4-5,8-9H2/t11-/m0/s1. The summed E-state index contributed by atoms with van der Waals surface area (Å²) < 4.78 is 0. The van der Waals surface area contributed by atoms with E-state index in [1.54, 1.807) is 0 Å². The minimum atomic E-state index is 0.190. The van der Waals surface area contributed by atoms with Crippen molar-refractivity contribution in [2.24, 2.45) is 0 Å². The Kier molecular flexibility index (Phi) is 2.44. The maximum Gasteiger partial charge on any atom is 0.140 e. The van der Waals surface area contributed by atoms with E-state index in [-0.39, 0.29) is 5.92 Å². The number of rotatable bonds is 1. The third kappa shape index (κ3) is 1.80. The van der Waals surface area contributed by atoms with Gasteiger partial charge in [0.2, 0.25) is 0 Å². The van der Waals surface area contributed by atoms with E-state index in [2.05, 4.69) is 12.1 Å². The van der Waals surface area contributed by atoms with E-state index in [1.165, 1.54) is 12.0 Å². The predicted molar refractivity (Wildman–Crippen MR) is 52.7 cm³/mol. The molecule has 1 atom stereocenters. The van der Waals surface area contributed by atoms with Crippen molar-refractivity contribution >= 4 is 5.78 Å². The van der Waals surface area contributed by atoms with Crippen molar-refractivity contribution in [2.75, 3.05) is 0 Å². The highest BCUT2D eigenvalue weighted by molar-refractivity contribution is 5.86. The minimum absolute atomic E-state index is 0.190. The Hall–Kier alpha value is -1.11. The Balaban J connectivity index is 2.20. The van der Waals surface area contributed by atoms with E-state index in [0.717, 1.165) is 19.3 Å². The van der Waals surface area contributed by atoms with Crippen molar-refractivity contribution in [3.8, 4) is 0 Å². The van der Waals surface area contributed by atoms with Gasteiger partial charge in [-0.05, 0) is 18.4 Å². The first-order chi connectivity index (χ1) is 6.38. The topological polar surface area (TPSA) is 17.1 Å². The predicted octanol–water partition coefficient (Wildman–Crippen LogP) is 2.91. The van der Waals surface area contributed by atoms with Crippen LogP contribution in [0.25, 0.3) is 0 Å². The lowest BCUT2D eigenvalue weighted by atomic mass is 9.83. The SMILES string of the molecule is O=C1CCCC[C@H]1c1ccccc1. The summed E-state index contributed by atoms with van der Waals surface area (Å²) in [5.74, 6) is 0.618. The van der Waals surface area contributed by atoms with Gasteiger partial charge < -0.3 is 0 Å². The van der Waals surface area contributed by atoms with Gasteiger partial charge in [0.05, 0.1) is 0 Å². The zero-order chi connectivity index (χ0) is 9.10. The molecule has 1 heteroatoms. The van der Waals surface area contributed by atoms with Crippen LogP contribution >= 0.6 is 0 Å². The fraction of sp³-hybridized carbons (Fsp3) is 0.417. The molecule has 1 nitrogen and oxygen atoms in total. The second kappa shape index (κ2) is 3.73. The molecule has 0 saturated heterocycles. The van der Waals surface area contributed by atoms with E-state index in [0.29, 0.717) is 5.78 Å². The van der Waals surface area contributed by atoms with Gasteiger partial charge in [-0.15, -0.1) is 0 Å². The van der Waals surface area contributed by atoms with Crippen LogP contribution in [0.3, 0.4) is 0 Å². The van der Waals surface area contributed by atoms with Crippen molar-refractivity contribution in [3.05, 3.63) is 35.9 Å². The number of ketones is 1. The summed E-state index contributed by atoms with van der Waals surface area (Å²) in [4.78, 5) is 11.6. The summed E-state index contributed by atoms with van der Waals surface area (Å²) in [5, 5.41) is 0. The molecule has 68 valence electrons. The van der Waals surface area contributed by atoms with Gasteiger partial charge in [0.1, 0.15) is 5.78 Å². The third-order valence-electron chi connectivity index (χ3n) is 2.76. The van der Waals surface area contributed by atoms with Crippen molar-refractivity contribution in [2.45, 2.75) is 31.6 Å². The zero-order valence-electron chi connectivity index (χ0n) is 7.70. The normalized spacial score (nSPS) is 23.1. The largest absolute Gasteiger partial charge is 0.299 e. The molecule has 0 aliphatic heterocycles. The highest BCUT2D eigenvalue weighted by atomic mass is 16.1. The maximum absolute atomic E-state index is 11.6. The first-order valence-electron chi connectivity index (χ1n) is 4.95. The van der Waals surface area contributed by atoms with Crippen LogP contribution in [-0.4, -0.2) is 5.78 Å². The Morgan fingerprint density at radius 1 is 1.08 bits per heavy atom. The summed E-state index contributed by atoms with van der Waals surface area (Å²) in [7, 11) is 0. The molecule has 1 aliphatic carbocycles. The number of carbonyl (C=O) groups excluding carboxylic acids is 1. The van der Waals surface area contributed by atoms with Gasteiger partial charge in [-0.1, -0.05) is 36.8 Å². The highest BCUT2D eigenvalue weighted by Gasteiger charge is 2.22. The zero-order valence-corrected chi connectivity index (χ0v) is 7.70. The smallest absolute Gasteiger partial charge is 0.140 e. The lowest BCUT2D eigenvalue weighted by molar-refractivity contribution is -0.121. The lowest BCUT2D eigenvalue weighted by Gasteiger charge is -2.20. The van der Waals surface area contributed by atoms with Crippen LogP contribution < -0.4 is 0 Å². The van der Waals surface area contributed by atoms with Gasteiger partial charge in [0, 0.05) is 12.3 Å². The molecule has 1 fully saturated rings. The summed E-state index contributed by atoms with van der Waals surface area (Å²) in [5.41, 5.74) is 1.20. The number of hydrogen-bond donors (Lipinski definition) is 0. The summed E-state index contributed by atoms with van der Waals surface area (Å²) in [6.45, 7) is 0. The molecular weight excluding hydrogens is 160 g/mol. The second-order valence-corrected chi connectivity index (χ2v) is 3.68.